The van der Waals surface area contributed by atoms with Crippen LogP contribution in [0.5, 0.6) is 0 Å². The summed E-state index contributed by atoms with van der Waals surface area (Å²) in [6, 6.07) is 30.3. The van der Waals surface area contributed by atoms with Crippen LogP contribution >= 0.6 is 23.5 Å². The van der Waals surface area contributed by atoms with E-state index in [1.165, 1.54) is 0 Å². The Labute approximate surface area is 193 Å². The molecule has 0 saturated carbocycles. The molecule has 0 saturated heterocycles. The van der Waals surface area contributed by atoms with Gasteiger partial charge in [-0.15, -0.1) is 0 Å². The third kappa shape index (κ3) is 7.83. The highest BCUT2D eigenvalue weighted by molar-refractivity contribution is 8.07. The van der Waals surface area contributed by atoms with Gasteiger partial charge in [0.2, 0.25) is 0 Å². The molecule has 0 bridgehead atoms. The second-order valence-corrected chi connectivity index (χ2v) is 8.76. The van der Waals surface area contributed by atoms with Crippen LogP contribution in [0, 0.1) is 0 Å². The molecule has 158 valence electrons. The Kier molecular flexibility index (Phi) is 9.58. The molecule has 3 aromatic rings. The molecule has 1 N–H and O–H groups in total. The summed E-state index contributed by atoms with van der Waals surface area (Å²) >= 11 is 3.18. The van der Waals surface area contributed by atoms with Crippen LogP contribution in [0.25, 0.3) is 6.08 Å². The molecule has 2 nitrogen and oxygen atoms in total. The topological polar surface area (TPSA) is 29.5 Å². The van der Waals surface area contributed by atoms with E-state index in [1.54, 1.807) is 29.8 Å². The van der Waals surface area contributed by atoms with Crippen molar-refractivity contribution in [3.63, 3.8) is 0 Å². The molecule has 0 aliphatic heterocycles. The molecule has 3 aromatic carbocycles. The summed E-state index contributed by atoms with van der Waals surface area (Å²) < 4.78 is 5.47. The van der Waals surface area contributed by atoms with Gasteiger partial charge in [0.25, 0.3) is 0 Å². The van der Waals surface area contributed by atoms with E-state index in [4.69, 9.17) is 4.74 Å². The number of ether oxygens (including phenoxy) is 1. The van der Waals surface area contributed by atoms with Crippen LogP contribution in [0.3, 0.4) is 0 Å². The van der Waals surface area contributed by atoms with E-state index in [0.29, 0.717) is 6.61 Å². The van der Waals surface area contributed by atoms with Gasteiger partial charge in [0.05, 0.1) is 12.9 Å². The van der Waals surface area contributed by atoms with Crippen LogP contribution in [0.15, 0.2) is 129 Å². The normalized spacial score (nSPS) is 13.4. The predicted molar refractivity (Wildman–Crippen MR) is 134 cm³/mol. The lowest BCUT2D eigenvalue weighted by Crippen LogP contribution is -2.06. The fraction of sp³-hybridized carbons (Fsp3) is 0.111. The Balaban J connectivity index is 1.99. The predicted octanol–water partition coefficient (Wildman–Crippen LogP) is 7.41. The highest BCUT2D eigenvalue weighted by Gasteiger charge is 2.16. The first-order valence-corrected chi connectivity index (χ1v) is 11.8. The van der Waals surface area contributed by atoms with Crippen LogP contribution in [0.1, 0.15) is 12.5 Å². The zero-order chi connectivity index (χ0) is 21.7. The summed E-state index contributed by atoms with van der Waals surface area (Å²) in [5, 5.41) is 11.2. The minimum atomic E-state index is -0.761. The van der Waals surface area contributed by atoms with Crippen LogP contribution in [0.2, 0.25) is 0 Å². The van der Waals surface area contributed by atoms with Crippen molar-refractivity contribution in [2.24, 2.45) is 0 Å². The van der Waals surface area contributed by atoms with Gasteiger partial charge in [0, 0.05) is 19.6 Å². The van der Waals surface area contributed by atoms with Gasteiger partial charge in [0.1, 0.15) is 6.10 Å². The van der Waals surface area contributed by atoms with Crippen molar-refractivity contribution in [1.29, 1.82) is 0 Å². The van der Waals surface area contributed by atoms with E-state index >= 15 is 0 Å². The monoisotopic (exact) mass is 446 g/mol. The fourth-order valence-corrected chi connectivity index (χ4v) is 4.77. The average Bonchev–Trinajstić information content (AvgIpc) is 2.82. The quantitative estimate of drug-likeness (QED) is 0.199. The third-order valence-corrected chi connectivity index (χ3v) is 6.61. The Morgan fingerprint density at radius 1 is 0.839 bits per heavy atom. The molecule has 0 fully saturated rings. The lowest BCUT2D eigenvalue weighted by Gasteiger charge is -2.16. The molecule has 0 radical (unpaired) electrons. The van der Waals surface area contributed by atoms with Crippen molar-refractivity contribution in [1.82, 2.24) is 0 Å². The molecular weight excluding hydrogens is 420 g/mol. The van der Waals surface area contributed by atoms with Crippen molar-refractivity contribution in [2.45, 2.75) is 22.8 Å². The molecule has 0 amide bonds. The third-order valence-electron chi connectivity index (χ3n) is 4.21. The molecule has 4 heteroatoms. The molecule has 0 aliphatic rings. The molecule has 31 heavy (non-hydrogen) atoms. The zero-order valence-electron chi connectivity index (χ0n) is 17.4. The molecule has 0 heterocycles. The van der Waals surface area contributed by atoms with Crippen LogP contribution in [-0.4, -0.2) is 17.8 Å². The van der Waals surface area contributed by atoms with E-state index < -0.39 is 6.10 Å². The SMILES string of the molecule is CCO/C=C/C(Sc1ccccc1)=C(\Sc1ccccc1)C(O)/C=C/c1ccccc1. The molecule has 1 atom stereocenters. The van der Waals surface area contributed by atoms with Gasteiger partial charge in [-0.25, -0.2) is 0 Å². The Hall–Kier alpha value is -2.66. The fourth-order valence-electron chi connectivity index (χ4n) is 2.71. The summed E-state index contributed by atoms with van der Waals surface area (Å²) in [6.45, 7) is 2.55. The van der Waals surface area contributed by atoms with E-state index in [0.717, 1.165) is 25.2 Å². The molecule has 0 spiro atoms. The molecular formula is C27H26O2S2. The minimum Gasteiger partial charge on any atom is -0.501 e. The zero-order valence-corrected chi connectivity index (χ0v) is 19.1. The first-order chi connectivity index (χ1) is 15.3. The average molecular weight is 447 g/mol. The Morgan fingerprint density at radius 3 is 1.97 bits per heavy atom. The van der Waals surface area contributed by atoms with Gasteiger partial charge in [0.15, 0.2) is 0 Å². The van der Waals surface area contributed by atoms with Gasteiger partial charge >= 0.3 is 0 Å². The van der Waals surface area contributed by atoms with Gasteiger partial charge in [-0.05, 0) is 42.8 Å². The Morgan fingerprint density at radius 2 is 1.39 bits per heavy atom. The van der Waals surface area contributed by atoms with Gasteiger partial charge in [-0.2, -0.15) is 0 Å². The number of aliphatic hydroxyl groups is 1. The van der Waals surface area contributed by atoms with Crippen molar-refractivity contribution >= 4 is 29.6 Å². The maximum absolute atomic E-state index is 11.2. The number of aliphatic hydroxyl groups excluding tert-OH is 1. The smallest absolute Gasteiger partial charge is 0.105 e. The number of hydrogen-bond donors (Lipinski definition) is 1. The summed E-state index contributed by atoms with van der Waals surface area (Å²) in [5.41, 5.74) is 1.05. The van der Waals surface area contributed by atoms with Crippen LogP contribution in [0.4, 0.5) is 0 Å². The molecule has 1 unspecified atom stereocenters. The van der Waals surface area contributed by atoms with Gasteiger partial charge in [-0.3, -0.25) is 0 Å². The van der Waals surface area contributed by atoms with E-state index in [-0.39, 0.29) is 0 Å². The standard InChI is InChI=1S/C27H26O2S2/c1-2-29-21-20-26(30-23-14-8-4-9-15-23)27(31-24-16-10-5-11-17-24)25(28)19-18-22-12-6-3-7-13-22/h3-21,25,28H,2H2,1H3/b19-18+,21-20+,27-26+. The van der Waals surface area contributed by atoms with Gasteiger partial charge < -0.3 is 9.84 Å². The maximum atomic E-state index is 11.2. The summed E-state index contributed by atoms with van der Waals surface area (Å²) in [4.78, 5) is 3.96. The highest BCUT2D eigenvalue weighted by atomic mass is 32.2. The second kappa shape index (κ2) is 12.9. The molecule has 0 aromatic heterocycles. The van der Waals surface area contributed by atoms with E-state index in [9.17, 15) is 5.11 Å². The number of benzene rings is 3. The summed E-state index contributed by atoms with van der Waals surface area (Å²) in [7, 11) is 0. The van der Waals surface area contributed by atoms with E-state index in [1.807, 2.05) is 91.9 Å². The van der Waals surface area contributed by atoms with Gasteiger partial charge in [-0.1, -0.05) is 102 Å². The van der Waals surface area contributed by atoms with Crippen LogP contribution < -0.4 is 0 Å². The largest absolute Gasteiger partial charge is 0.501 e. The second-order valence-electron chi connectivity index (χ2n) is 6.53. The molecule has 3 rings (SSSR count). The van der Waals surface area contributed by atoms with Crippen molar-refractivity contribution in [3.8, 4) is 0 Å². The highest BCUT2D eigenvalue weighted by Crippen LogP contribution is 2.39. The summed E-state index contributed by atoms with van der Waals surface area (Å²) in [5.74, 6) is 0. The Bertz CT molecular complexity index is 997. The lowest BCUT2D eigenvalue weighted by molar-refractivity contribution is 0.267. The number of rotatable bonds is 10. The first-order valence-electron chi connectivity index (χ1n) is 10.2. The van der Waals surface area contributed by atoms with Crippen molar-refractivity contribution in [3.05, 3.63) is 125 Å². The van der Waals surface area contributed by atoms with Crippen molar-refractivity contribution in [2.75, 3.05) is 6.61 Å². The number of hydrogen-bond acceptors (Lipinski definition) is 4. The van der Waals surface area contributed by atoms with Crippen molar-refractivity contribution < 1.29 is 9.84 Å². The summed E-state index contributed by atoms with van der Waals surface area (Å²) in [6.07, 6.45) is 6.66. The van der Waals surface area contributed by atoms with Crippen LogP contribution in [-0.2, 0) is 4.74 Å². The molecule has 0 aliphatic carbocycles. The minimum absolute atomic E-state index is 0.595. The lowest BCUT2D eigenvalue weighted by atomic mass is 10.2. The number of allylic oxidation sites excluding steroid dienone is 1. The number of thioether (sulfide) groups is 2. The van der Waals surface area contributed by atoms with E-state index in [2.05, 4.69) is 24.3 Å². The maximum Gasteiger partial charge on any atom is 0.105 e. The first kappa shape index (κ1) is 23.0.